The predicted molar refractivity (Wildman–Crippen MR) is 117 cm³/mol. The molecule has 2 amide bonds. The summed E-state index contributed by atoms with van der Waals surface area (Å²) in [5.74, 6) is -2.76. The van der Waals surface area contributed by atoms with Crippen molar-refractivity contribution in [3.8, 4) is 5.69 Å². The fourth-order valence-electron chi connectivity index (χ4n) is 4.04. The Morgan fingerprint density at radius 3 is 2.15 bits per heavy atom. The average Bonchev–Trinajstić information content (AvgIpc) is 3.18. The van der Waals surface area contributed by atoms with Gasteiger partial charge in [-0.3, -0.25) is 0 Å². The zero-order valence-electron chi connectivity index (χ0n) is 19.0. The number of carboxylic acids is 1. The number of nitrogens with one attached hydrogen (secondary N) is 3. The zero-order chi connectivity index (χ0) is 24.9. The summed E-state index contributed by atoms with van der Waals surface area (Å²) in [7, 11) is 0. The van der Waals surface area contributed by atoms with E-state index in [1.54, 1.807) is 12.5 Å². The predicted octanol–water partition coefficient (Wildman–Crippen LogP) is 3.61. The maximum Gasteiger partial charge on any atom is 0.490 e. The molecule has 1 aromatic heterocycles. The monoisotopic (exact) mass is 469 g/mol. The van der Waals surface area contributed by atoms with E-state index in [2.05, 4.69) is 48.6 Å². The molecule has 0 saturated carbocycles. The van der Waals surface area contributed by atoms with Gasteiger partial charge in [-0.1, -0.05) is 12.1 Å². The number of amides is 2. The number of imidazole rings is 1. The van der Waals surface area contributed by atoms with Crippen molar-refractivity contribution in [2.45, 2.75) is 70.4 Å². The molecule has 0 radical (unpaired) electrons. The molecule has 8 nitrogen and oxygen atoms in total. The fourth-order valence-corrected chi connectivity index (χ4v) is 4.04. The minimum absolute atomic E-state index is 0.0167. The summed E-state index contributed by atoms with van der Waals surface area (Å²) in [6.07, 6.45) is 2.18. The number of urea groups is 1. The van der Waals surface area contributed by atoms with Crippen LogP contribution in [0, 0.1) is 0 Å². The average molecular weight is 470 g/mol. The second kappa shape index (κ2) is 10.2. The van der Waals surface area contributed by atoms with Crippen LogP contribution in [0.15, 0.2) is 43.0 Å². The van der Waals surface area contributed by atoms with Crippen LogP contribution in [0.5, 0.6) is 0 Å². The van der Waals surface area contributed by atoms with Crippen molar-refractivity contribution in [1.29, 1.82) is 0 Å². The summed E-state index contributed by atoms with van der Waals surface area (Å²) in [5.41, 5.74) is 2.15. The number of piperidine rings is 1. The Labute approximate surface area is 190 Å². The number of hydrogen-bond acceptors (Lipinski definition) is 4. The minimum Gasteiger partial charge on any atom is -0.475 e. The highest BCUT2D eigenvalue weighted by molar-refractivity contribution is 5.74. The summed E-state index contributed by atoms with van der Waals surface area (Å²) in [6.45, 7) is 9.24. The zero-order valence-corrected chi connectivity index (χ0v) is 19.0. The number of nitrogens with zero attached hydrogens (tertiary/aromatic N) is 2. The van der Waals surface area contributed by atoms with E-state index in [1.165, 1.54) is 0 Å². The van der Waals surface area contributed by atoms with Crippen molar-refractivity contribution in [2.24, 2.45) is 0 Å². The van der Waals surface area contributed by atoms with Crippen molar-refractivity contribution in [3.05, 3.63) is 48.5 Å². The van der Waals surface area contributed by atoms with Crippen LogP contribution in [-0.4, -0.2) is 50.0 Å². The van der Waals surface area contributed by atoms with E-state index in [9.17, 15) is 18.0 Å². The first-order chi connectivity index (χ1) is 15.2. The van der Waals surface area contributed by atoms with Gasteiger partial charge in [0.2, 0.25) is 0 Å². The number of hydrogen-bond donors (Lipinski definition) is 4. The molecule has 3 rings (SSSR count). The van der Waals surface area contributed by atoms with Gasteiger partial charge in [-0.05, 0) is 58.2 Å². The lowest BCUT2D eigenvalue weighted by atomic mass is 9.80. The largest absolute Gasteiger partial charge is 0.490 e. The van der Waals surface area contributed by atoms with Crippen LogP contribution >= 0.6 is 0 Å². The van der Waals surface area contributed by atoms with Gasteiger partial charge in [-0.15, -0.1) is 0 Å². The Morgan fingerprint density at radius 1 is 1.15 bits per heavy atom. The standard InChI is InChI=1S/C20H29N5O.C2HF3O2/c1-19(2)11-16(12-20(3,4)24-19)23-18(26)22-13-15-5-7-17(8-6-15)25-10-9-21-14-25;3-2(4,5)1(6)7/h5-10,14,16,24H,11-13H2,1-4H3,(H2,22,23,26);(H,6,7). The summed E-state index contributed by atoms with van der Waals surface area (Å²) in [5, 5.41) is 16.9. The second-order valence-electron chi connectivity index (χ2n) is 9.26. The van der Waals surface area contributed by atoms with Gasteiger partial charge in [0.25, 0.3) is 0 Å². The number of benzene rings is 1. The van der Waals surface area contributed by atoms with Crippen LogP contribution in [0.25, 0.3) is 5.69 Å². The molecule has 2 aromatic rings. The first-order valence-electron chi connectivity index (χ1n) is 10.4. The maximum absolute atomic E-state index is 12.3. The lowest BCUT2D eigenvalue weighted by Crippen LogP contribution is -2.62. The Balaban J connectivity index is 0.000000479. The Bertz CT molecular complexity index is 910. The SMILES string of the molecule is CC1(C)CC(NC(=O)NCc2ccc(-n3ccnc3)cc2)CC(C)(C)N1.O=C(O)C(F)(F)F. The molecule has 1 fully saturated rings. The minimum atomic E-state index is -5.08. The smallest absolute Gasteiger partial charge is 0.475 e. The number of carboxylic acid groups (broad SMARTS) is 1. The van der Waals surface area contributed by atoms with Gasteiger partial charge in [0.15, 0.2) is 0 Å². The van der Waals surface area contributed by atoms with Crippen LogP contribution in [0.1, 0.15) is 46.1 Å². The summed E-state index contributed by atoms with van der Waals surface area (Å²) >= 11 is 0. The molecule has 1 aliphatic heterocycles. The number of aliphatic carboxylic acids is 1. The highest BCUT2D eigenvalue weighted by Crippen LogP contribution is 2.28. The van der Waals surface area contributed by atoms with Crippen LogP contribution in [0.4, 0.5) is 18.0 Å². The molecule has 0 spiro atoms. The van der Waals surface area contributed by atoms with Crippen molar-refractivity contribution < 1.29 is 27.9 Å². The topological polar surface area (TPSA) is 108 Å². The molecule has 1 saturated heterocycles. The van der Waals surface area contributed by atoms with Crippen molar-refractivity contribution >= 4 is 12.0 Å². The van der Waals surface area contributed by atoms with Crippen LogP contribution < -0.4 is 16.0 Å². The molecule has 4 N–H and O–H groups in total. The molecule has 1 aliphatic rings. The molecular weight excluding hydrogens is 439 g/mol. The molecule has 0 aliphatic carbocycles. The van der Waals surface area contributed by atoms with Crippen LogP contribution in [-0.2, 0) is 11.3 Å². The van der Waals surface area contributed by atoms with E-state index >= 15 is 0 Å². The number of carbonyl (C=O) groups is 2. The van der Waals surface area contributed by atoms with Gasteiger partial charge in [0.1, 0.15) is 0 Å². The van der Waals surface area contributed by atoms with Crippen molar-refractivity contribution in [1.82, 2.24) is 25.5 Å². The second-order valence-corrected chi connectivity index (χ2v) is 9.26. The maximum atomic E-state index is 12.3. The normalized spacial score (nSPS) is 17.4. The third-order valence-electron chi connectivity index (χ3n) is 4.96. The molecule has 0 unspecified atom stereocenters. The van der Waals surface area contributed by atoms with E-state index in [0.717, 1.165) is 24.1 Å². The van der Waals surface area contributed by atoms with Crippen LogP contribution in [0.2, 0.25) is 0 Å². The highest BCUT2D eigenvalue weighted by atomic mass is 19.4. The van der Waals surface area contributed by atoms with E-state index in [4.69, 9.17) is 9.90 Å². The third kappa shape index (κ3) is 8.76. The molecule has 0 atom stereocenters. The first-order valence-corrected chi connectivity index (χ1v) is 10.4. The van der Waals surface area contributed by atoms with Gasteiger partial charge in [0, 0.05) is 41.7 Å². The van der Waals surface area contributed by atoms with Gasteiger partial charge >= 0.3 is 18.2 Å². The van der Waals surface area contributed by atoms with Gasteiger partial charge in [-0.2, -0.15) is 13.2 Å². The quantitative estimate of drug-likeness (QED) is 0.547. The van der Waals surface area contributed by atoms with Gasteiger partial charge < -0.3 is 25.6 Å². The molecule has 0 bridgehead atoms. The lowest BCUT2D eigenvalue weighted by molar-refractivity contribution is -0.192. The molecular formula is C22H30F3N5O3. The number of aromatic nitrogens is 2. The van der Waals surface area contributed by atoms with Crippen molar-refractivity contribution in [2.75, 3.05) is 0 Å². The van der Waals surface area contributed by atoms with E-state index in [-0.39, 0.29) is 23.2 Å². The Morgan fingerprint density at radius 2 is 1.70 bits per heavy atom. The lowest BCUT2D eigenvalue weighted by Gasteiger charge is -2.46. The molecule has 33 heavy (non-hydrogen) atoms. The van der Waals surface area contributed by atoms with Crippen LogP contribution in [0.3, 0.4) is 0 Å². The third-order valence-corrected chi connectivity index (χ3v) is 4.96. The molecule has 2 heterocycles. The van der Waals surface area contributed by atoms with Gasteiger partial charge in [-0.25, -0.2) is 14.6 Å². The Hall–Kier alpha value is -3.08. The Kier molecular flexibility index (Phi) is 8.12. The van der Waals surface area contributed by atoms with E-state index in [1.807, 2.05) is 35.0 Å². The molecule has 1 aromatic carbocycles. The molecule has 11 heteroatoms. The van der Waals surface area contributed by atoms with Gasteiger partial charge in [0.05, 0.1) is 6.33 Å². The summed E-state index contributed by atoms with van der Waals surface area (Å²) in [4.78, 5) is 25.3. The highest BCUT2D eigenvalue weighted by Gasteiger charge is 2.39. The number of halogens is 3. The first kappa shape index (κ1) is 26.2. The number of rotatable bonds is 4. The number of alkyl halides is 3. The summed E-state index contributed by atoms with van der Waals surface area (Å²) in [6, 6.07) is 8.15. The molecule has 182 valence electrons. The fraction of sp³-hybridized carbons (Fsp3) is 0.500. The van der Waals surface area contributed by atoms with E-state index in [0.29, 0.717) is 6.54 Å². The summed E-state index contributed by atoms with van der Waals surface area (Å²) < 4.78 is 33.7. The van der Waals surface area contributed by atoms with E-state index < -0.39 is 12.1 Å². The van der Waals surface area contributed by atoms with Crippen molar-refractivity contribution in [3.63, 3.8) is 0 Å². The number of carbonyl (C=O) groups excluding carboxylic acids is 1.